The van der Waals surface area contributed by atoms with E-state index >= 15 is 0 Å². The third-order valence-corrected chi connectivity index (χ3v) is 2.13. The zero-order valence-corrected chi connectivity index (χ0v) is 7.12. The van der Waals surface area contributed by atoms with Crippen LogP contribution in [-0.4, -0.2) is 7.28 Å². The molecule has 2 aromatic carbocycles. The second-order valence-electron chi connectivity index (χ2n) is 2.86. The molecule has 58 valence electrons. The van der Waals surface area contributed by atoms with Gasteiger partial charge in [-0.2, -0.15) is 0 Å². The van der Waals surface area contributed by atoms with Gasteiger partial charge in [0.15, 0.2) is 0 Å². The highest BCUT2D eigenvalue weighted by Crippen LogP contribution is 2.09. The van der Waals surface area contributed by atoms with E-state index in [-0.39, 0.29) is 0 Å². The van der Waals surface area contributed by atoms with Crippen LogP contribution in [0.25, 0.3) is 10.8 Å². The fraction of sp³-hybridized carbons (Fsp3) is 0.0909. The molecule has 0 N–H and O–H groups in total. The van der Waals surface area contributed by atoms with E-state index in [0.717, 1.165) is 0 Å². The van der Waals surface area contributed by atoms with Crippen molar-refractivity contribution in [1.82, 2.24) is 0 Å². The predicted octanol–water partition coefficient (Wildman–Crippen LogP) is 2.22. The van der Waals surface area contributed by atoms with E-state index in [4.69, 9.17) is 0 Å². The summed E-state index contributed by atoms with van der Waals surface area (Å²) in [6, 6.07) is 14.8. The first-order valence-electron chi connectivity index (χ1n) is 4.19. The van der Waals surface area contributed by atoms with E-state index in [2.05, 4.69) is 56.6 Å². The van der Waals surface area contributed by atoms with Crippen LogP contribution >= 0.6 is 0 Å². The summed E-state index contributed by atoms with van der Waals surface area (Å²) < 4.78 is 0. The summed E-state index contributed by atoms with van der Waals surface area (Å²) in [6.45, 7) is 2.07. The Labute approximate surface area is 73.5 Å². The predicted molar refractivity (Wildman–Crippen MR) is 55.2 cm³/mol. The minimum Gasteiger partial charge on any atom is -0.300 e. The molecule has 0 spiro atoms. The molecule has 0 aliphatic heterocycles. The standard InChI is InChI=1S/C11H10B/c1-12-11-8-4-6-9-5-2-3-7-10(9)11/h2-8H,1H3/q-1. The van der Waals surface area contributed by atoms with Crippen LogP contribution in [-0.2, 0) is 0 Å². The number of rotatable bonds is 1. The Balaban J connectivity index is 2.79. The zero-order valence-electron chi connectivity index (χ0n) is 7.12. The van der Waals surface area contributed by atoms with Gasteiger partial charge in [0.05, 0.1) is 0 Å². The number of hydrogen-bond donors (Lipinski definition) is 0. The van der Waals surface area contributed by atoms with Crippen molar-refractivity contribution in [3.63, 3.8) is 0 Å². The van der Waals surface area contributed by atoms with Crippen LogP contribution in [0.2, 0.25) is 6.82 Å². The molecule has 2 radical (unpaired) electrons. The first-order chi connectivity index (χ1) is 5.92. The third-order valence-electron chi connectivity index (χ3n) is 2.13. The maximum atomic E-state index is 2.16. The Kier molecular flexibility index (Phi) is 1.87. The molecule has 0 aliphatic carbocycles. The molecule has 0 saturated carbocycles. The molecule has 0 nitrogen and oxygen atoms in total. The highest BCUT2D eigenvalue weighted by Gasteiger charge is 1.88. The van der Waals surface area contributed by atoms with Gasteiger partial charge in [-0.25, -0.2) is 6.82 Å². The average molecular weight is 153 g/mol. The minimum absolute atomic E-state index is 1.31. The summed E-state index contributed by atoms with van der Waals surface area (Å²) in [5.74, 6) is 0. The number of benzene rings is 2. The van der Waals surface area contributed by atoms with Crippen molar-refractivity contribution in [1.29, 1.82) is 0 Å². The largest absolute Gasteiger partial charge is 0.300 e. The molecule has 0 aromatic heterocycles. The van der Waals surface area contributed by atoms with Gasteiger partial charge >= 0.3 is 0 Å². The molecular weight excluding hydrogens is 143 g/mol. The van der Waals surface area contributed by atoms with Crippen molar-refractivity contribution < 1.29 is 0 Å². The lowest BCUT2D eigenvalue weighted by Crippen LogP contribution is -2.10. The van der Waals surface area contributed by atoms with Crippen molar-refractivity contribution in [3.8, 4) is 0 Å². The lowest BCUT2D eigenvalue weighted by Gasteiger charge is -2.13. The fourth-order valence-electron chi connectivity index (χ4n) is 1.50. The molecule has 0 atom stereocenters. The fourth-order valence-corrected chi connectivity index (χ4v) is 1.50. The average Bonchev–Trinajstić information content (AvgIpc) is 2.17. The Hall–Kier alpha value is -1.24. The Bertz CT molecular complexity index is 388. The van der Waals surface area contributed by atoms with Gasteiger partial charge in [-0.05, 0) is 5.39 Å². The second-order valence-corrected chi connectivity index (χ2v) is 2.86. The zero-order chi connectivity index (χ0) is 8.39. The summed E-state index contributed by atoms with van der Waals surface area (Å²) in [5.41, 5.74) is 1.31. The van der Waals surface area contributed by atoms with Gasteiger partial charge in [0.1, 0.15) is 0 Å². The van der Waals surface area contributed by atoms with E-state index in [1.165, 1.54) is 16.2 Å². The molecule has 0 aliphatic rings. The second kappa shape index (κ2) is 3.02. The summed E-state index contributed by atoms with van der Waals surface area (Å²) in [5, 5.41) is 2.65. The van der Waals surface area contributed by atoms with Crippen molar-refractivity contribution in [2.75, 3.05) is 0 Å². The van der Waals surface area contributed by atoms with Crippen LogP contribution in [0.1, 0.15) is 0 Å². The Morgan fingerprint density at radius 2 is 1.67 bits per heavy atom. The van der Waals surface area contributed by atoms with Gasteiger partial charge in [0.25, 0.3) is 0 Å². The van der Waals surface area contributed by atoms with Gasteiger partial charge in [-0.1, -0.05) is 41.8 Å². The van der Waals surface area contributed by atoms with Gasteiger partial charge in [-0.15, -0.1) is 6.07 Å². The van der Waals surface area contributed by atoms with Crippen molar-refractivity contribution >= 4 is 23.5 Å². The van der Waals surface area contributed by atoms with Crippen LogP contribution in [0, 0.1) is 0 Å². The summed E-state index contributed by atoms with van der Waals surface area (Å²) in [4.78, 5) is 0. The Morgan fingerprint density at radius 3 is 2.50 bits per heavy atom. The van der Waals surface area contributed by atoms with Gasteiger partial charge in [0, 0.05) is 0 Å². The van der Waals surface area contributed by atoms with Gasteiger partial charge in [-0.3, -0.25) is 5.46 Å². The van der Waals surface area contributed by atoms with Crippen LogP contribution in [0.15, 0.2) is 42.5 Å². The maximum Gasteiger partial charge on any atom is -0.0218 e. The van der Waals surface area contributed by atoms with Crippen LogP contribution in [0.5, 0.6) is 0 Å². The van der Waals surface area contributed by atoms with Crippen LogP contribution < -0.4 is 5.46 Å². The first-order valence-corrected chi connectivity index (χ1v) is 4.19. The molecule has 0 unspecified atom stereocenters. The highest BCUT2D eigenvalue weighted by atomic mass is 13.9. The lowest BCUT2D eigenvalue weighted by molar-refractivity contribution is 1.78. The molecule has 2 rings (SSSR count). The molecule has 0 saturated heterocycles. The summed E-state index contributed by atoms with van der Waals surface area (Å²) >= 11 is 0. The Morgan fingerprint density at radius 1 is 0.917 bits per heavy atom. The molecular formula is C11H10B-. The van der Waals surface area contributed by atoms with Gasteiger partial charge in [0.2, 0.25) is 0 Å². The number of hydrogen-bond acceptors (Lipinski definition) is 0. The smallest absolute Gasteiger partial charge is 0.0218 e. The van der Waals surface area contributed by atoms with Gasteiger partial charge < -0.3 is 7.28 Å². The molecule has 0 amide bonds. The number of fused-ring (bicyclic) bond motifs is 1. The minimum atomic E-state index is 1.31. The van der Waals surface area contributed by atoms with E-state index < -0.39 is 0 Å². The molecule has 1 heteroatoms. The van der Waals surface area contributed by atoms with Crippen molar-refractivity contribution in [3.05, 3.63) is 42.5 Å². The summed E-state index contributed by atoms with van der Waals surface area (Å²) in [6.07, 6.45) is 0. The maximum absolute atomic E-state index is 2.16. The van der Waals surface area contributed by atoms with Crippen molar-refractivity contribution in [2.24, 2.45) is 0 Å². The van der Waals surface area contributed by atoms with E-state index in [1.54, 1.807) is 0 Å². The molecule has 2 aromatic rings. The van der Waals surface area contributed by atoms with E-state index in [9.17, 15) is 0 Å². The van der Waals surface area contributed by atoms with Crippen LogP contribution in [0.3, 0.4) is 0 Å². The monoisotopic (exact) mass is 153 g/mol. The summed E-state index contributed by atoms with van der Waals surface area (Å²) in [7, 11) is 2.14. The molecule has 0 heterocycles. The topological polar surface area (TPSA) is 0 Å². The SMILES string of the molecule is C[B-]c1cccc2ccccc12. The first kappa shape index (κ1) is 7.42. The highest BCUT2D eigenvalue weighted by molar-refractivity contribution is 6.55. The molecule has 0 bridgehead atoms. The molecule has 0 fully saturated rings. The quantitative estimate of drug-likeness (QED) is 0.551. The van der Waals surface area contributed by atoms with Crippen LogP contribution in [0.4, 0.5) is 0 Å². The van der Waals surface area contributed by atoms with Crippen molar-refractivity contribution in [2.45, 2.75) is 6.82 Å². The normalized spacial score (nSPS) is 10.4. The van der Waals surface area contributed by atoms with E-state index in [1.807, 2.05) is 0 Å². The lowest BCUT2D eigenvalue weighted by atomic mass is 9.71. The van der Waals surface area contributed by atoms with E-state index in [0.29, 0.717) is 0 Å². The third kappa shape index (κ3) is 1.12. The molecule has 12 heavy (non-hydrogen) atoms.